The first-order valence-corrected chi connectivity index (χ1v) is 8.43. The fourth-order valence-electron chi connectivity index (χ4n) is 2.89. The second kappa shape index (κ2) is 6.67. The predicted octanol–water partition coefficient (Wildman–Crippen LogP) is 2.97. The topological polar surface area (TPSA) is 89.3 Å². The maximum Gasteiger partial charge on any atom is 0.163 e. The van der Waals surface area contributed by atoms with E-state index in [-0.39, 0.29) is 12.6 Å². The first-order valence-electron chi connectivity index (χ1n) is 8.43. The number of hydrogen-bond donors (Lipinski definition) is 2. The van der Waals surface area contributed by atoms with E-state index in [1.807, 2.05) is 60.0 Å². The fourth-order valence-corrected chi connectivity index (χ4v) is 2.89. The smallest absolute Gasteiger partial charge is 0.163 e. The SMILES string of the molecule is CC(N)c1cccc(-c2ccc3cnc(-c4cccc(CO)n4)n3c2)n1. The first-order chi connectivity index (χ1) is 12.7. The molecule has 0 bridgehead atoms. The van der Waals surface area contributed by atoms with Crippen LogP contribution in [0.3, 0.4) is 0 Å². The lowest BCUT2D eigenvalue weighted by molar-refractivity contribution is 0.277. The van der Waals surface area contributed by atoms with Crippen LogP contribution in [0, 0.1) is 0 Å². The second-order valence-electron chi connectivity index (χ2n) is 6.20. The van der Waals surface area contributed by atoms with Crippen LogP contribution in [-0.4, -0.2) is 24.5 Å². The Bertz CT molecular complexity index is 1070. The van der Waals surface area contributed by atoms with Crippen LogP contribution in [0.2, 0.25) is 0 Å². The van der Waals surface area contributed by atoms with Crippen molar-refractivity contribution in [2.45, 2.75) is 19.6 Å². The molecule has 0 saturated heterocycles. The average molecular weight is 345 g/mol. The van der Waals surface area contributed by atoms with E-state index in [2.05, 4.69) is 15.0 Å². The van der Waals surface area contributed by atoms with Crippen LogP contribution in [0.4, 0.5) is 0 Å². The molecule has 0 spiro atoms. The summed E-state index contributed by atoms with van der Waals surface area (Å²) in [7, 11) is 0. The highest BCUT2D eigenvalue weighted by Gasteiger charge is 2.11. The van der Waals surface area contributed by atoms with Gasteiger partial charge in [0.2, 0.25) is 0 Å². The standard InChI is InChI=1S/C20H19N5O/c1-13(21)17-5-3-6-18(24-17)14-8-9-16-10-22-20(25(16)11-14)19-7-2-4-15(12-26)23-19/h2-11,13,26H,12,21H2,1H3. The Hall–Kier alpha value is -3.09. The number of nitrogens with zero attached hydrogens (tertiary/aromatic N) is 4. The highest BCUT2D eigenvalue weighted by atomic mass is 16.3. The minimum absolute atomic E-state index is 0.101. The molecule has 0 radical (unpaired) electrons. The molecule has 4 aromatic rings. The van der Waals surface area contributed by atoms with E-state index >= 15 is 0 Å². The van der Waals surface area contributed by atoms with Crippen LogP contribution in [0.5, 0.6) is 0 Å². The van der Waals surface area contributed by atoms with Crippen LogP contribution in [0.15, 0.2) is 60.9 Å². The summed E-state index contributed by atoms with van der Waals surface area (Å²) >= 11 is 0. The molecule has 1 atom stereocenters. The van der Waals surface area contributed by atoms with Crippen LogP contribution in [0.25, 0.3) is 28.3 Å². The third-order valence-electron chi connectivity index (χ3n) is 4.26. The number of aromatic nitrogens is 4. The molecule has 0 saturated carbocycles. The molecule has 26 heavy (non-hydrogen) atoms. The van der Waals surface area contributed by atoms with Crippen molar-refractivity contribution >= 4 is 5.52 Å². The minimum Gasteiger partial charge on any atom is -0.390 e. The maximum atomic E-state index is 9.33. The van der Waals surface area contributed by atoms with E-state index in [0.717, 1.165) is 28.3 Å². The van der Waals surface area contributed by atoms with Gasteiger partial charge in [-0.15, -0.1) is 0 Å². The number of aliphatic hydroxyl groups excluding tert-OH is 1. The van der Waals surface area contributed by atoms with Gasteiger partial charge in [-0.3, -0.25) is 9.38 Å². The van der Waals surface area contributed by atoms with Gasteiger partial charge in [-0.05, 0) is 43.3 Å². The number of rotatable bonds is 4. The number of hydrogen-bond acceptors (Lipinski definition) is 5. The van der Waals surface area contributed by atoms with Gasteiger partial charge >= 0.3 is 0 Å². The summed E-state index contributed by atoms with van der Waals surface area (Å²) in [4.78, 5) is 13.6. The molecule has 0 aromatic carbocycles. The number of aliphatic hydroxyl groups is 1. The van der Waals surface area contributed by atoms with Gasteiger partial charge in [-0.25, -0.2) is 9.97 Å². The van der Waals surface area contributed by atoms with Crippen molar-refractivity contribution < 1.29 is 5.11 Å². The Balaban J connectivity index is 1.83. The Labute approximate surface area is 151 Å². The van der Waals surface area contributed by atoms with Crippen LogP contribution >= 0.6 is 0 Å². The van der Waals surface area contributed by atoms with Crippen molar-refractivity contribution in [3.05, 3.63) is 72.3 Å². The summed E-state index contributed by atoms with van der Waals surface area (Å²) in [6.45, 7) is 1.82. The highest BCUT2D eigenvalue weighted by molar-refractivity contribution is 5.66. The van der Waals surface area contributed by atoms with Crippen molar-refractivity contribution in [3.8, 4) is 22.8 Å². The number of pyridine rings is 3. The van der Waals surface area contributed by atoms with E-state index in [0.29, 0.717) is 11.4 Å². The maximum absolute atomic E-state index is 9.33. The molecule has 6 heteroatoms. The van der Waals surface area contributed by atoms with Crippen molar-refractivity contribution in [3.63, 3.8) is 0 Å². The Morgan fingerprint density at radius 1 is 1.04 bits per heavy atom. The molecule has 130 valence electrons. The fraction of sp³-hybridized carbons (Fsp3) is 0.150. The lowest BCUT2D eigenvalue weighted by Gasteiger charge is -2.09. The van der Waals surface area contributed by atoms with Crippen LogP contribution < -0.4 is 5.73 Å². The van der Waals surface area contributed by atoms with Crippen LogP contribution in [-0.2, 0) is 6.61 Å². The van der Waals surface area contributed by atoms with Gasteiger partial charge < -0.3 is 10.8 Å². The van der Waals surface area contributed by atoms with E-state index in [1.165, 1.54) is 0 Å². The summed E-state index contributed by atoms with van der Waals surface area (Å²) in [5, 5.41) is 9.33. The Morgan fingerprint density at radius 2 is 1.85 bits per heavy atom. The molecule has 0 amide bonds. The van der Waals surface area contributed by atoms with Gasteiger partial charge in [0.05, 0.1) is 35.4 Å². The van der Waals surface area contributed by atoms with E-state index < -0.39 is 0 Å². The number of nitrogens with two attached hydrogens (primary N) is 1. The number of imidazole rings is 1. The summed E-state index contributed by atoms with van der Waals surface area (Å²) in [6.07, 6.45) is 3.80. The third-order valence-corrected chi connectivity index (χ3v) is 4.26. The van der Waals surface area contributed by atoms with E-state index in [9.17, 15) is 5.11 Å². The van der Waals surface area contributed by atoms with Gasteiger partial charge in [0.25, 0.3) is 0 Å². The second-order valence-corrected chi connectivity index (χ2v) is 6.20. The molecule has 0 aliphatic rings. The summed E-state index contributed by atoms with van der Waals surface area (Å²) in [5.41, 5.74) is 10.9. The summed E-state index contributed by atoms with van der Waals surface area (Å²) in [5.74, 6) is 0.723. The molecule has 1 unspecified atom stereocenters. The zero-order chi connectivity index (χ0) is 18.1. The highest BCUT2D eigenvalue weighted by Crippen LogP contribution is 2.24. The molecule has 0 aliphatic carbocycles. The molecule has 6 nitrogen and oxygen atoms in total. The molecule has 3 N–H and O–H groups in total. The molecule has 0 aliphatic heterocycles. The van der Waals surface area contributed by atoms with Gasteiger partial charge in [0, 0.05) is 17.8 Å². The van der Waals surface area contributed by atoms with Crippen molar-refractivity contribution in [2.75, 3.05) is 0 Å². The normalized spacial score (nSPS) is 12.4. The van der Waals surface area contributed by atoms with Gasteiger partial charge in [0.15, 0.2) is 5.82 Å². The molecule has 4 aromatic heterocycles. The Kier molecular flexibility index (Phi) is 4.20. The first kappa shape index (κ1) is 16.4. The van der Waals surface area contributed by atoms with Gasteiger partial charge in [-0.1, -0.05) is 12.1 Å². The average Bonchev–Trinajstić information content (AvgIpc) is 3.11. The lowest BCUT2D eigenvalue weighted by atomic mass is 10.1. The molecule has 4 rings (SSSR count). The van der Waals surface area contributed by atoms with Crippen molar-refractivity contribution in [2.24, 2.45) is 5.73 Å². The van der Waals surface area contributed by atoms with E-state index in [4.69, 9.17) is 5.73 Å². The monoisotopic (exact) mass is 345 g/mol. The molecule has 0 fully saturated rings. The molecular formula is C20H19N5O. The predicted molar refractivity (Wildman–Crippen MR) is 100 cm³/mol. The quantitative estimate of drug-likeness (QED) is 0.593. The molecule has 4 heterocycles. The lowest BCUT2D eigenvalue weighted by Crippen LogP contribution is -2.07. The summed E-state index contributed by atoms with van der Waals surface area (Å²) in [6, 6.07) is 15.3. The summed E-state index contributed by atoms with van der Waals surface area (Å²) < 4.78 is 1.99. The zero-order valence-electron chi connectivity index (χ0n) is 14.4. The minimum atomic E-state index is -0.118. The largest absolute Gasteiger partial charge is 0.390 e. The van der Waals surface area contributed by atoms with Crippen molar-refractivity contribution in [1.29, 1.82) is 0 Å². The van der Waals surface area contributed by atoms with Crippen LogP contribution in [0.1, 0.15) is 24.4 Å². The van der Waals surface area contributed by atoms with Gasteiger partial charge in [0.1, 0.15) is 5.69 Å². The van der Waals surface area contributed by atoms with Gasteiger partial charge in [-0.2, -0.15) is 0 Å². The Morgan fingerprint density at radius 3 is 2.65 bits per heavy atom. The van der Waals surface area contributed by atoms with E-state index in [1.54, 1.807) is 12.3 Å². The number of fused-ring (bicyclic) bond motifs is 1. The molecular weight excluding hydrogens is 326 g/mol. The third kappa shape index (κ3) is 2.96. The zero-order valence-corrected chi connectivity index (χ0v) is 14.4. The van der Waals surface area contributed by atoms with Crippen molar-refractivity contribution in [1.82, 2.24) is 19.4 Å².